The molecule has 1 aromatic carbocycles. The van der Waals surface area contributed by atoms with Gasteiger partial charge in [-0.05, 0) is 44.4 Å². The van der Waals surface area contributed by atoms with Gasteiger partial charge in [-0.3, -0.25) is 4.90 Å². The molecule has 0 saturated carbocycles. The molecule has 0 amide bonds. The first-order valence-electron chi connectivity index (χ1n) is 8.33. The molecule has 0 radical (unpaired) electrons. The molecule has 2 nitrogen and oxygen atoms in total. The minimum absolute atomic E-state index is 0.0823. The van der Waals surface area contributed by atoms with Crippen molar-refractivity contribution in [3.63, 3.8) is 0 Å². The van der Waals surface area contributed by atoms with Crippen LogP contribution >= 0.6 is 0 Å². The zero-order valence-corrected chi connectivity index (χ0v) is 13.5. The van der Waals surface area contributed by atoms with Gasteiger partial charge in [0.25, 0.3) is 0 Å². The van der Waals surface area contributed by atoms with Crippen LogP contribution in [0.5, 0.6) is 0 Å². The first-order valence-corrected chi connectivity index (χ1v) is 8.33. The summed E-state index contributed by atoms with van der Waals surface area (Å²) in [6.45, 7) is 9.90. The maximum atomic E-state index is 14.0. The summed E-state index contributed by atoms with van der Waals surface area (Å²) >= 11 is 0. The van der Waals surface area contributed by atoms with Gasteiger partial charge in [0.2, 0.25) is 0 Å². The molecule has 2 heterocycles. The van der Waals surface area contributed by atoms with E-state index in [-0.39, 0.29) is 5.82 Å². The van der Waals surface area contributed by atoms with E-state index in [1.54, 1.807) is 6.07 Å². The second-order valence-corrected chi connectivity index (χ2v) is 6.99. The third-order valence-corrected chi connectivity index (χ3v) is 5.30. The molecule has 2 saturated heterocycles. The van der Waals surface area contributed by atoms with Crippen LogP contribution in [0.4, 0.5) is 10.1 Å². The van der Waals surface area contributed by atoms with E-state index < -0.39 is 0 Å². The van der Waals surface area contributed by atoms with E-state index in [2.05, 4.69) is 29.7 Å². The average Bonchev–Trinajstić information content (AvgIpc) is 2.48. The Morgan fingerprint density at radius 3 is 2.76 bits per heavy atom. The Morgan fingerprint density at radius 2 is 2.00 bits per heavy atom. The van der Waals surface area contributed by atoms with E-state index in [9.17, 15) is 4.39 Å². The third kappa shape index (κ3) is 2.80. The zero-order chi connectivity index (χ0) is 15.0. The minimum atomic E-state index is -0.0823. The van der Waals surface area contributed by atoms with Crippen LogP contribution in [0.15, 0.2) is 18.2 Å². The van der Waals surface area contributed by atoms with Crippen molar-refractivity contribution in [2.45, 2.75) is 52.1 Å². The number of hydrogen-bond donors (Lipinski definition) is 0. The van der Waals surface area contributed by atoms with E-state index in [4.69, 9.17) is 0 Å². The number of piperazine rings is 1. The van der Waals surface area contributed by atoms with Crippen LogP contribution in [0.2, 0.25) is 0 Å². The number of anilines is 1. The fourth-order valence-electron chi connectivity index (χ4n) is 3.96. The van der Waals surface area contributed by atoms with Crippen molar-refractivity contribution in [2.24, 2.45) is 5.92 Å². The van der Waals surface area contributed by atoms with Crippen LogP contribution in [0.1, 0.15) is 38.7 Å². The van der Waals surface area contributed by atoms with Crippen LogP contribution in [0, 0.1) is 18.7 Å². The van der Waals surface area contributed by atoms with Crippen molar-refractivity contribution < 1.29 is 4.39 Å². The lowest BCUT2D eigenvalue weighted by Crippen LogP contribution is -2.61. The molecule has 2 fully saturated rings. The Morgan fingerprint density at radius 1 is 1.19 bits per heavy atom. The number of benzene rings is 1. The Kier molecular flexibility index (Phi) is 4.21. The summed E-state index contributed by atoms with van der Waals surface area (Å²) in [5, 5.41) is 0. The van der Waals surface area contributed by atoms with Crippen molar-refractivity contribution in [3.8, 4) is 0 Å². The number of hydrogen-bond acceptors (Lipinski definition) is 2. The van der Waals surface area contributed by atoms with Gasteiger partial charge in [-0.25, -0.2) is 4.39 Å². The summed E-state index contributed by atoms with van der Waals surface area (Å²) in [5.41, 5.74) is 1.89. The quantitative estimate of drug-likeness (QED) is 0.816. The average molecular weight is 290 g/mol. The van der Waals surface area contributed by atoms with Crippen LogP contribution in [0.25, 0.3) is 0 Å². The summed E-state index contributed by atoms with van der Waals surface area (Å²) < 4.78 is 14.0. The zero-order valence-electron chi connectivity index (χ0n) is 13.5. The molecule has 0 aromatic heterocycles. The molecule has 2 atom stereocenters. The lowest BCUT2D eigenvalue weighted by Gasteiger charge is -2.51. The minimum Gasteiger partial charge on any atom is -0.365 e. The summed E-state index contributed by atoms with van der Waals surface area (Å²) in [7, 11) is 0. The smallest absolute Gasteiger partial charge is 0.128 e. The van der Waals surface area contributed by atoms with E-state index in [1.165, 1.54) is 25.8 Å². The maximum Gasteiger partial charge on any atom is 0.128 e. The van der Waals surface area contributed by atoms with Crippen LogP contribution in [-0.4, -0.2) is 36.6 Å². The third-order valence-electron chi connectivity index (χ3n) is 5.30. The Bertz CT molecular complexity index is 500. The topological polar surface area (TPSA) is 6.48 Å². The largest absolute Gasteiger partial charge is 0.365 e. The molecule has 3 heteroatoms. The SMILES string of the molecule is Cc1c(F)cccc1N1CC2CCCCN2CC1C(C)C. The molecule has 2 aliphatic rings. The normalized spacial score (nSPS) is 27.0. The molecule has 0 bridgehead atoms. The molecule has 0 N–H and O–H groups in total. The summed E-state index contributed by atoms with van der Waals surface area (Å²) in [5.74, 6) is 0.497. The van der Waals surface area contributed by atoms with Gasteiger partial charge in [0.1, 0.15) is 5.82 Å². The van der Waals surface area contributed by atoms with Gasteiger partial charge in [0.15, 0.2) is 0 Å². The molecule has 2 unspecified atom stereocenters. The van der Waals surface area contributed by atoms with E-state index >= 15 is 0 Å². The predicted octanol–water partition coefficient (Wildman–Crippen LogP) is 3.83. The number of piperidine rings is 1. The second-order valence-electron chi connectivity index (χ2n) is 6.99. The summed E-state index contributed by atoms with van der Waals surface area (Å²) in [4.78, 5) is 5.15. The van der Waals surface area contributed by atoms with Gasteiger partial charge in [-0.15, -0.1) is 0 Å². The molecular weight excluding hydrogens is 263 g/mol. The highest BCUT2D eigenvalue weighted by Gasteiger charge is 2.36. The molecule has 3 rings (SSSR count). The molecule has 0 aliphatic carbocycles. The van der Waals surface area contributed by atoms with Crippen molar-refractivity contribution in [3.05, 3.63) is 29.6 Å². The molecule has 116 valence electrons. The van der Waals surface area contributed by atoms with Crippen LogP contribution in [0.3, 0.4) is 0 Å². The number of halogens is 1. The fraction of sp³-hybridized carbons (Fsp3) is 0.667. The van der Waals surface area contributed by atoms with Gasteiger partial charge in [0, 0.05) is 36.4 Å². The van der Waals surface area contributed by atoms with Gasteiger partial charge < -0.3 is 4.90 Å². The second kappa shape index (κ2) is 5.96. The number of nitrogens with zero attached hydrogens (tertiary/aromatic N) is 2. The van der Waals surface area contributed by atoms with Crippen LogP contribution in [-0.2, 0) is 0 Å². The molecule has 0 spiro atoms. The highest BCUT2D eigenvalue weighted by Crippen LogP contribution is 2.33. The number of fused-ring (bicyclic) bond motifs is 1. The van der Waals surface area contributed by atoms with Gasteiger partial charge in [-0.1, -0.05) is 26.3 Å². The Balaban J connectivity index is 1.92. The van der Waals surface area contributed by atoms with Crippen molar-refractivity contribution in [1.82, 2.24) is 4.90 Å². The van der Waals surface area contributed by atoms with Gasteiger partial charge in [-0.2, -0.15) is 0 Å². The molecule has 21 heavy (non-hydrogen) atoms. The van der Waals surface area contributed by atoms with E-state index in [1.807, 2.05) is 13.0 Å². The highest BCUT2D eigenvalue weighted by molar-refractivity contribution is 5.55. The highest BCUT2D eigenvalue weighted by atomic mass is 19.1. The fourth-order valence-corrected chi connectivity index (χ4v) is 3.96. The first-order chi connectivity index (χ1) is 10.1. The Labute approximate surface area is 127 Å². The first kappa shape index (κ1) is 14.8. The summed E-state index contributed by atoms with van der Waals surface area (Å²) in [6.07, 6.45) is 3.96. The van der Waals surface area contributed by atoms with E-state index in [0.29, 0.717) is 18.0 Å². The molecule has 1 aromatic rings. The maximum absolute atomic E-state index is 14.0. The summed E-state index contributed by atoms with van der Waals surface area (Å²) in [6, 6.07) is 6.64. The Hall–Kier alpha value is -1.09. The predicted molar refractivity (Wildman–Crippen MR) is 86.3 cm³/mol. The van der Waals surface area contributed by atoms with Crippen molar-refractivity contribution in [1.29, 1.82) is 0 Å². The lowest BCUT2D eigenvalue weighted by atomic mass is 9.91. The number of rotatable bonds is 2. The van der Waals surface area contributed by atoms with Crippen molar-refractivity contribution in [2.75, 3.05) is 24.5 Å². The van der Waals surface area contributed by atoms with E-state index in [0.717, 1.165) is 24.3 Å². The monoisotopic (exact) mass is 290 g/mol. The molecular formula is C18H27FN2. The van der Waals surface area contributed by atoms with Crippen molar-refractivity contribution >= 4 is 5.69 Å². The standard InChI is InChI=1S/C18H27FN2/c1-13(2)18-12-20-10-5-4-7-15(20)11-21(18)17-9-6-8-16(19)14(17)3/h6,8-9,13,15,18H,4-5,7,10-12H2,1-3H3. The van der Waals surface area contributed by atoms with Gasteiger partial charge in [0.05, 0.1) is 0 Å². The van der Waals surface area contributed by atoms with Crippen LogP contribution < -0.4 is 4.90 Å². The lowest BCUT2D eigenvalue weighted by molar-refractivity contribution is 0.100. The van der Waals surface area contributed by atoms with Gasteiger partial charge >= 0.3 is 0 Å². The molecule has 2 aliphatic heterocycles.